The van der Waals surface area contributed by atoms with Crippen LogP contribution in [0.2, 0.25) is 0 Å². The third-order valence-corrected chi connectivity index (χ3v) is 7.57. The largest absolute Gasteiger partial charge is 0.507 e. The predicted octanol–water partition coefficient (Wildman–Crippen LogP) is 3.95. The van der Waals surface area contributed by atoms with Crippen molar-refractivity contribution in [3.63, 3.8) is 0 Å². The molecule has 3 aliphatic heterocycles. The van der Waals surface area contributed by atoms with E-state index in [2.05, 4.69) is 4.90 Å². The summed E-state index contributed by atoms with van der Waals surface area (Å²) in [6.07, 6.45) is 1.45. The number of fused-ring (bicyclic) bond motifs is 1. The molecule has 1 N–H and O–H groups in total. The summed E-state index contributed by atoms with van der Waals surface area (Å²) >= 11 is 0. The zero-order valence-electron chi connectivity index (χ0n) is 23.5. The van der Waals surface area contributed by atoms with E-state index < -0.39 is 17.7 Å². The van der Waals surface area contributed by atoms with E-state index in [1.807, 2.05) is 45.0 Å². The third kappa shape index (κ3) is 5.67. The molecule has 3 aliphatic rings. The Balaban J connectivity index is 1.53. The van der Waals surface area contributed by atoms with Gasteiger partial charge in [-0.25, -0.2) is 0 Å². The van der Waals surface area contributed by atoms with E-state index in [-0.39, 0.29) is 17.4 Å². The second kappa shape index (κ2) is 12.3. The van der Waals surface area contributed by atoms with E-state index in [0.717, 1.165) is 30.9 Å². The highest BCUT2D eigenvalue weighted by Gasteiger charge is 2.46. The lowest BCUT2D eigenvalue weighted by Crippen LogP contribution is -2.39. The van der Waals surface area contributed by atoms with Gasteiger partial charge in [0, 0.05) is 38.2 Å². The number of nitrogens with zero attached hydrogens (tertiary/aromatic N) is 2. The summed E-state index contributed by atoms with van der Waals surface area (Å²) in [5.41, 5.74) is 2.21. The zero-order valence-corrected chi connectivity index (χ0v) is 23.5. The number of benzene rings is 2. The minimum atomic E-state index is -0.761. The van der Waals surface area contributed by atoms with Crippen LogP contribution in [-0.2, 0) is 20.7 Å². The van der Waals surface area contributed by atoms with Crippen LogP contribution in [0.4, 0.5) is 0 Å². The van der Waals surface area contributed by atoms with Crippen molar-refractivity contribution in [2.24, 2.45) is 0 Å². The number of aliphatic hydroxyl groups is 1. The van der Waals surface area contributed by atoms with E-state index in [4.69, 9.17) is 18.9 Å². The average Bonchev–Trinajstić information content (AvgIpc) is 3.45. The Hall–Kier alpha value is -3.56. The highest BCUT2D eigenvalue weighted by molar-refractivity contribution is 6.46. The fraction of sp³-hybridized carbons (Fsp3) is 0.484. The minimum Gasteiger partial charge on any atom is -0.507 e. The van der Waals surface area contributed by atoms with Crippen LogP contribution in [0.25, 0.3) is 5.76 Å². The van der Waals surface area contributed by atoms with Crippen LogP contribution in [0, 0.1) is 0 Å². The molecule has 0 radical (unpaired) electrons. The molecule has 0 unspecified atom stereocenters. The molecule has 214 valence electrons. The second-order valence-corrected chi connectivity index (χ2v) is 10.3. The van der Waals surface area contributed by atoms with Crippen molar-refractivity contribution in [1.29, 1.82) is 0 Å². The summed E-state index contributed by atoms with van der Waals surface area (Å²) in [5, 5.41) is 11.6. The molecule has 0 spiro atoms. The van der Waals surface area contributed by atoms with E-state index in [9.17, 15) is 14.7 Å². The van der Waals surface area contributed by atoms with E-state index in [1.165, 1.54) is 0 Å². The minimum absolute atomic E-state index is 0.0466. The van der Waals surface area contributed by atoms with Gasteiger partial charge in [0.25, 0.3) is 11.7 Å². The Kier molecular flexibility index (Phi) is 8.61. The summed E-state index contributed by atoms with van der Waals surface area (Å²) in [4.78, 5) is 30.9. The van der Waals surface area contributed by atoms with E-state index >= 15 is 0 Å². The van der Waals surface area contributed by atoms with Gasteiger partial charge in [-0.2, -0.15) is 0 Å². The number of hydrogen-bond acceptors (Lipinski definition) is 8. The molecule has 5 rings (SSSR count). The standard InChI is InChI=1S/C31H38N2O7/c1-4-38-25-10-7-21(19-26(25)39-5-2)28-27(29(34)22-8-9-24-23(18-22)17-20(3)40-24)30(35)31(36)33(28)12-6-11-32-13-15-37-16-14-32/h7-10,18-20,28,34H,4-6,11-17H2,1-3H3/b29-27+/t20-,28-/m1/s1. The number of likely N-dealkylation sites (tertiary alicyclic amines) is 1. The molecule has 0 aliphatic carbocycles. The van der Waals surface area contributed by atoms with Crippen molar-refractivity contribution in [2.45, 2.75) is 45.8 Å². The van der Waals surface area contributed by atoms with Gasteiger partial charge >= 0.3 is 0 Å². The lowest BCUT2D eigenvalue weighted by Gasteiger charge is -2.29. The van der Waals surface area contributed by atoms with Gasteiger partial charge in [-0.3, -0.25) is 14.5 Å². The molecule has 2 saturated heterocycles. The smallest absolute Gasteiger partial charge is 0.295 e. The normalized spacial score (nSPS) is 22.3. The number of aliphatic hydroxyl groups excluding tert-OH is 1. The van der Waals surface area contributed by atoms with Gasteiger partial charge in [0.15, 0.2) is 11.5 Å². The molecule has 2 atom stereocenters. The third-order valence-electron chi connectivity index (χ3n) is 7.57. The Morgan fingerprint density at radius 1 is 1.00 bits per heavy atom. The number of carbonyl (C=O) groups excluding carboxylic acids is 2. The number of hydrogen-bond donors (Lipinski definition) is 1. The van der Waals surface area contributed by atoms with Gasteiger partial charge in [0.2, 0.25) is 0 Å². The molecule has 9 nitrogen and oxygen atoms in total. The summed E-state index contributed by atoms with van der Waals surface area (Å²) in [6.45, 7) is 10.9. The fourth-order valence-electron chi connectivity index (χ4n) is 5.71. The first-order valence-corrected chi connectivity index (χ1v) is 14.2. The fourth-order valence-corrected chi connectivity index (χ4v) is 5.71. The molecule has 9 heteroatoms. The Labute approximate surface area is 235 Å². The topological polar surface area (TPSA) is 97.8 Å². The number of amides is 1. The van der Waals surface area contributed by atoms with Crippen molar-refractivity contribution >= 4 is 17.4 Å². The predicted molar refractivity (Wildman–Crippen MR) is 150 cm³/mol. The molecule has 3 heterocycles. The summed E-state index contributed by atoms with van der Waals surface area (Å²) in [6, 6.07) is 10.1. The summed E-state index contributed by atoms with van der Waals surface area (Å²) < 4.78 is 22.9. The van der Waals surface area contributed by atoms with Crippen LogP contribution in [0.1, 0.15) is 49.9 Å². The molecule has 40 heavy (non-hydrogen) atoms. The number of Topliss-reactive ketones (excluding diaryl/α,β-unsaturated/α-hetero) is 1. The lowest BCUT2D eigenvalue weighted by molar-refractivity contribution is -0.140. The van der Waals surface area contributed by atoms with Gasteiger partial charge in [-0.1, -0.05) is 6.07 Å². The molecule has 0 aromatic heterocycles. The average molecular weight is 551 g/mol. The van der Waals surface area contributed by atoms with Gasteiger partial charge < -0.3 is 29.0 Å². The molecule has 2 aromatic carbocycles. The van der Waals surface area contributed by atoms with Gasteiger partial charge in [0.05, 0.1) is 38.0 Å². The van der Waals surface area contributed by atoms with Crippen molar-refractivity contribution < 1.29 is 33.6 Å². The lowest BCUT2D eigenvalue weighted by atomic mass is 9.94. The van der Waals surface area contributed by atoms with Crippen LogP contribution in [0.5, 0.6) is 17.2 Å². The molecule has 1 amide bonds. The maximum Gasteiger partial charge on any atom is 0.295 e. The molecule has 2 aromatic rings. The number of ketones is 1. The number of rotatable bonds is 10. The molecule has 0 saturated carbocycles. The number of carbonyl (C=O) groups is 2. The Morgan fingerprint density at radius 3 is 2.50 bits per heavy atom. The van der Waals surface area contributed by atoms with Crippen molar-refractivity contribution in [2.75, 3.05) is 52.6 Å². The van der Waals surface area contributed by atoms with E-state index in [0.29, 0.717) is 68.4 Å². The Bertz CT molecular complexity index is 1280. The summed E-state index contributed by atoms with van der Waals surface area (Å²) in [5.74, 6) is 0.407. The van der Waals surface area contributed by atoms with Crippen molar-refractivity contribution in [3.8, 4) is 17.2 Å². The van der Waals surface area contributed by atoms with E-state index in [1.54, 1.807) is 17.0 Å². The zero-order chi connectivity index (χ0) is 28.2. The van der Waals surface area contributed by atoms with Crippen LogP contribution in [0.3, 0.4) is 0 Å². The first-order valence-electron chi connectivity index (χ1n) is 14.2. The molecular formula is C31H38N2O7. The van der Waals surface area contributed by atoms with Crippen LogP contribution < -0.4 is 14.2 Å². The maximum absolute atomic E-state index is 13.5. The van der Waals surface area contributed by atoms with Gasteiger partial charge in [-0.15, -0.1) is 0 Å². The first kappa shape index (κ1) is 28.0. The maximum atomic E-state index is 13.5. The van der Waals surface area contributed by atoms with Gasteiger partial charge in [-0.05, 0) is 68.7 Å². The molecule has 0 bridgehead atoms. The van der Waals surface area contributed by atoms with Crippen LogP contribution in [-0.4, -0.2) is 85.3 Å². The monoisotopic (exact) mass is 550 g/mol. The SMILES string of the molecule is CCOc1ccc([C@@H]2/C(=C(\O)c3ccc4c(c3)C[C@@H](C)O4)C(=O)C(=O)N2CCCN2CCOCC2)cc1OCC. The van der Waals surface area contributed by atoms with Crippen molar-refractivity contribution in [3.05, 3.63) is 58.7 Å². The van der Waals surface area contributed by atoms with Crippen LogP contribution in [0.15, 0.2) is 42.0 Å². The highest BCUT2D eigenvalue weighted by Crippen LogP contribution is 2.43. The molecule has 2 fully saturated rings. The Morgan fingerprint density at radius 2 is 1.75 bits per heavy atom. The van der Waals surface area contributed by atoms with Gasteiger partial charge in [0.1, 0.15) is 17.6 Å². The van der Waals surface area contributed by atoms with Crippen molar-refractivity contribution in [1.82, 2.24) is 9.80 Å². The van der Waals surface area contributed by atoms with Crippen LogP contribution >= 0.6 is 0 Å². The summed E-state index contributed by atoms with van der Waals surface area (Å²) in [7, 11) is 0. The highest BCUT2D eigenvalue weighted by atomic mass is 16.5. The quantitative estimate of drug-likeness (QED) is 0.270. The number of morpholine rings is 1. The number of ether oxygens (including phenoxy) is 4. The molecular weight excluding hydrogens is 512 g/mol. The second-order valence-electron chi connectivity index (χ2n) is 10.3. The first-order chi connectivity index (χ1) is 19.4.